The topological polar surface area (TPSA) is 113 Å². The van der Waals surface area contributed by atoms with Gasteiger partial charge in [0.2, 0.25) is 0 Å². The van der Waals surface area contributed by atoms with Crippen LogP contribution in [0.15, 0.2) is 66.9 Å². The highest BCUT2D eigenvalue weighted by atomic mass is 19.4. The maximum atomic E-state index is 12.9. The third-order valence-electron chi connectivity index (χ3n) is 6.57. The second-order valence-corrected chi connectivity index (χ2v) is 9.07. The molecule has 2 N–H and O–H groups in total. The largest absolute Gasteiger partial charge is 0.465 e. The van der Waals surface area contributed by atoms with Crippen LogP contribution >= 0.6 is 0 Å². The van der Waals surface area contributed by atoms with E-state index in [0.717, 1.165) is 28.8 Å². The highest BCUT2D eigenvalue weighted by molar-refractivity contribution is 5.93. The normalized spacial score (nSPS) is 13.7. The predicted molar refractivity (Wildman–Crippen MR) is 140 cm³/mol. The third-order valence-corrected chi connectivity index (χ3v) is 6.57. The summed E-state index contributed by atoms with van der Waals surface area (Å²) in [5.74, 6) is -0.595. The highest BCUT2D eigenvalue weighted by Gasteiger charge is 2.30. The maximum Gasteiger partial charge on any atom is 0.416 e. The Kier molecular flexibility index (Phi) is 7.16. The Morgan fingerprint density at radius 1 is 1.05 bits per heavy atom. The number of nitrogens with zero attached hydrogens (tertiary/aromatic N) is 4. The van der Waals surface area contributed by atoms with Crippen molar-refractivity contribution in [2.75, 3.05) is 19.7 Å². The molecule has 0 fully saturated rings. The number of halogens is 3. The summed E-state index contributed by atoms with van der Waals surface area (Å²) in [6, 6.07) is 13.9. The lowest BCUT2D eigenvalue weighted by atomic mass is 9.98. The number of esters is 1. The molecule has 0 radical (unpaired) electrons. The summed E-state index contributed by atoms with van der Waals surface area (Å²) >= 11 is 0. The maximum absolute atomic E-state index is 12.9. The molecule has 0 saturated carbocycles. The fourth-order valence-electron chi connectivity index (χ4n) is 4.45. The zero-order chi connectivity index (χ0) is 28.4. The summed E-state index contributed by atoms with van der Waals surface area (Å²) < 4.78 is 45.4. The molecule has 40 heavy (non-hydrogen) atoms. The lowest BCUT2D eigenvalue weighted by molar-refractivity contribution is -0.137. The van der Waals surface area contributed by atoms with Crippen molar-refractivity contribution in [2.45, 2.75) is 19.5 Å². The zero-order valence-corrected chi connectivity index (χ0v) is 21.3. The number of aromatic amines is 1. The van der Waals surface area contributed by atoms with Gasteiger partial charge < -0.3 is 19.7 Å². The molecule has 206 valence electrons. The summed E-state index contributed by atoms with van der Waals surface area (Å²) in [5, 5.41) is 17.3. The number of aromatic nitrogens is 4. The summed E-state index contributed by atoms with van der Waals surface area (Å²) in [6.45, 7) is 2.61. The lowest BCUT2D eigenvalue weighted by Gasteiger charge is -2.23. The van der Waals surface area contributed by atoms with Gasteiger partial charge in [0.25, 0.3) is 0 Å². The van der Waals surface area contributed by atoms with Crippen molar-refractivity contribution in [3.8, 4) is 28.2 Å². The molecule has 0 unspecified atom stereocenters. The van der Waals surface area contributed by atoms with Crippen LogP contribution in [0.1, 0.15) is 35.0 Å². The van der Waals surface area contributed by atoms with Crippen LogP contribution in [-0.4, -0.2) is 61.7 Å². The van der Waals surface area contributed by atoms with Gasteiger partial charge in [0.05, 0.1) is 24.1 Å². The smallest absolute Gasteiger partial charge is 0.416 e. The highest BCUT2D eigenvalue weighted by Crippen LogP contribution is 2.32. The van der Waals surface area contributed by atoms with E-state index in [-0.39, 0.29) is 12.3 Å². The second-order valence-electron chi connectivity index (χ2n) is 9.07. The van der Waals surface area contributed by atoms with Gasteiger partial charge in [0.1, 0.15) is 5.69 Å². The minimum absolute atomic E-state index is 0.147. The van der Waals surface area contributed by atoms with Crippen LogP contribution in [0.3, 0.4) is 0 Å². The molecular formula is C28H24F3N5O4. The molecule has 0 aliphatic carbocycles. The van der Waals surface area contributed by atoms with Crippen molar-refractivity contribution in [1.82, 2.24) is 24.9 Å². The first-order valence-corrected chi connectivity index (χ1v) is 12.4. The molecule has 1 aliphatic rings. The Bertz CT molecular complexity index is 1570. The molecule has 1 amide bonds. The summed E-state index contributed by atoms with van der Waals surface area (Å²) in [4.78, 5) is 28.3. The molecule has 1 aliphatic heterocycles. The van der Waals surface area contributed by atoms with Gasteiger partial charge in [-0.15, -0.1) is 5.10 Å². The number of carbonyl (C=O) groups excluding carboxylic acids is 1. The van der Waals surface area contributed by atoms with E-state index in [1.807, 2.05) is 30.3 Å². The molecule has 0 atom stereocenters. The third kappa shape index (κ3) is 5.46. The molecule has 2 aromatic heterocycles. The molecule has 3 heterocycles. The number of amides is 1. The first kappa shape index (κ1) is 26.7. The molecule has 12 heteroatoms. The number of carbonyl (C=O) groups is 2. The van der Waals surface area contributed by atoms with Gasteiger partial charge in [0.15, 0.2) is 5.69 Å². The van der Waals surface area contributed by atoms with Crippen molar-refractivity contribution in [3.05, 3.63) is 83.7 Å². The van der Waals surface area contributed by atoms with Gasteiger partial charge >= 0.3 is 18.2 Å². The van der Waals surface area contributed by atoms with Crippen molar-refractivity contribution in [1.29, 1.82) is 0 Å². The van der Waals surface area contributed by atoms with E-state index < -0.39 is 23.8 Å². The Balaban J connectivity index is 1.43. The van der Waals surface area contributed by atoms with Crippen LogP contribution < -0.4 is 0 Å². The van der Waals surface area contributed by atoms with E-state index in [9.17, 15) is 22.8 Å². The Morgan fingerprint density at radius 3 is 2.33 bits per heavy atom. The number of hydrogen-bond acceptors (Lipinski definition) is 5. The number of carboxylic acid groups (broad SMARTS) is 1. The van der Waals surface area contributed by atoms with Crippen molar-refractivity contribution < 1.29 is 32.6 Å². The average Bonchev–Trinajstić information content (AvgIpc) is 3.61. The summed E-state index contributed by atoms with van der Waals surface area (Å²) in [6.07, 6.45) is -1.35. The van der Waals surface area contributed by atoms with E-state index in [0.29, 0.717) is 42.1 Å². The number of H-pyrrole nitrogens is 1. The van der Waals surface area contributed by atoms with E-state index in [2.05, 4.69) is 15.3 Å². The van der Waals surface area contributed by atoms with E-state index in [1.54, 1.807) is 13.0 Å². The fourth-order valence-corrected chi connectivity index (χ4v) is 4.45. The predicted octanol–water partition coefficient (Wildman–Crippen LogP) is 5.89. The monoisotopic (exact) mass is 551 g/mol. The van der Waals surface area contributed by atoms with Crippen LogP contribution in [0.25, 0.3) is 33.8 Å². The number of rotatable bonds is 6. The summed E-state index contributed by atoms with van der Waals surface area (Å²) in [7, 11) is 0. The van der Waals surface area contributed by atoms with Gasteiger partial charge in [-0.3, -0.25) is 0 Å². The molecule has 4 aromatic rings. The van der Waals surface area contributed by atoms with Crippen molar-refractivity contribution in [2.24, 2.45) is 0 Å². The van der Waals surface area contributed by atoms with Gasteiger partial charge in [-0.1, -0.05) is 47.7 Å². The second kappa shape index (κ2) is 10.7. The van der Waals surface area contributed by atoms with Crippen LogP contribution in [0.5, 0.6) is 0 Å². The molecule has 0 spiro atoms. The van der Waals surface area contributed by atoms with E-state index in [4.69, 9.17) is 9.84 Å². The van der Waals surface area contributed by atoms with Gasteiger partial charge in [-0.05, 0) is 48.2 Å². The van der Waals surface area contributed by atoms with Crippen LogP contribution in [0.4, 0.5) is 18.0 Å². The van der Waals surface area contributed by atoms with Crippen molar-refractivity contribution in [3.63, 3.8) is 0 Å². The SMILES string of the molecule is CCOC(=O)c1[nH]c(-c2ccc(C3=CCN(C(=O)O)CC3)cc2)cc1-n1cc(-c2ccc(C(F)(F)F)cc2)nn1. The van der Waals surface area contributed by atoms with Crippen LogP contribution in [0.2, 0.25) is 0 Å². The number of nitrogens with one attached hydrogen (secondary N) is 1. The van der Waals surface area contributed by atoms with E-state index in [1.165, 1.54) is 27.9 Å². The van der Waals surface area contributed by atoms with Crippen molar-refractivity contribution >= 4 is 17.6 Å². The molecular weight excluding hydrogens is 527 g/mol. The molecule has 2 aromatic carbocycles. The number of hydrogen-bond donors (Lipinski definition) is 2. The molecule has 9 nitrogen and oxygen atoms in total. The quantitative estimate of drug-likeness (QED) is 0.289. The Morgan fingerprint density at radius 2 is 1.73 bits per heavy atom. The molecule has 0 saturated heterocycles. The Hall–Kier alpha value is -4.87. The zero-order valence-electron chi connectivity index (χ0n) is 21.3. The van der Waals surface area contributed by atoms with E-state index >= 15 is 0 Å². The minimum atomic E-state index is -4.45. The van der Waals surface area contributed by atoms with Crippen LogP contribution in [0, 0.1) is 0 Å². The van der Waals surface area contributed by atoms with Crippen LogP contribution in [-0.2, 0) is 10.9 Å². The number of alkyl halides is 3. The first-order chi connectivity index (χ1) is 19.1. The summed E-state index contributed by atoms with van der Waals surface area (Å²) in [5.41, 5.74) is 3.95. The number of ether oxygens (including phenoxy) is 1. The first-order valence-electron chi connectivity index (χ1n) is 12.4. The average molecular weight is 552 g/mol. The number of benzene rings is 2. The lowest BCUT2D eigenvalue weighted by Crippen LogP contribution is -2.33. The van der Waals surface area contributed by atoms with Gasteiger partial charge in [-0.2, -0.15) is 13.2 Å². The molecule has 5 rings (SSSR count). The van der Waals surface area contributed by atoms with Gasteiger partial charge in [0, 0.05) is 24.3 Å². The Labute approximate surface area is 226 Å². The standard InChI is InChI=1S/C28H24F3N5O4/c1-2-40-26(37)25-24(36-16-23(33-34-36)20-7-9-21(10-8-20)28(29,30)31)15-22(32-25)19-5-3-17(4-6-19)18-11-13-35(14-12-18)27(38)39/h3-11,15-16,32H,2,12-14H2,1H3,(H,38,39). The minimum Gasteiger partial charge on any atom is -0.465 e. The van der Waals surface area contributed by atoms with Gasteiger partial charge in [-0.25, -0.2) is 14.3 Å². The molecule has 0 bridgehead atoms. The fraction of sp³-hybridized carbons (Fsp3) is 0.214.